The zero-order valence-electron chi connectivity index (χ0n) is 8.31. The van der Waals surface area contributed by atoms with Crippen LogP contribution in [0.3, 0.4) is 0 Å². The molecule has 1 aliphatic heterocycles. The lowest BCUT2D eigenvalue weighted by Gasteiger charge is -2.23. The number of rotatable bonds is 1. The quantitative estimate of drug-likeness (QED) is 0.791. The van der Waals surface area contributed by atoms with Gasteiger partial charge in [-0.3, -0.25) is 4.98 Å². The van der Waals surface area contributed by atoms with Crippen LogP contribution in [0.15, 0.2) is 35.8 Å². The Morgan fingerprint density at radius 3 is 3.20 bits per heavy atom. The van der Waals surface area contributed by atoms with E-state index in [0.717, 1.165) is 18.7 Å². The molecule has 15 heavy (non-hydrogen) atoms. The highest BCUT2D eigenvalue weighted by Crippen LogP contribution is 2.31. The first-order valence-corrected chi connectivity index (χ1v) is 6.04. The molecule has 3 heteroatoms. The molecule has 2 aromatic heterocycles. The molecule has 0 spiro atoms. The molecule has 1 atom stereocenters. The monoisotopic (exact) mass is 216 g/mol. The number of pyridine rings is 1. The van der Waals surface area contributed by atoms with E-state index in [4.69, 9.17) is 0 Å². The molecular formula is C12H12N2S. The van der Waals surface area contributed by atoms with E-state index in [-0.39, 0.29) is 0 Å². The number of fused-ring (bicyclic) bond motifs is 1. The lowest BCUT2D eigenvalue weighted by atomic mass is 10.0. The Kier molecular flexibility index (Phi) is 2.27. The van der Waals surface area contributed by atoms with Crippen LogP contribution in [0.4, 0.5) is 0 Å². The fourth-order valence-electron chi connectivity index (χ4n) is 2.04. The van der Waals surface area contributed by atoms with Crippen LogP contribution in [0, 0.1) is 0 Å². The average Bonchev–Trinajstić information content (AvgIpc) is 2.78. The van der Waals surface area contributed by atoms with Crippen molar-refractivity contribution in [3.63, 3.8) is 0 Å². The van der Waals surface area contributed by atoms with E-state index in [1.54, 1.807) is 0 Å². The van der Waals surface area contributed by atoms with E-state index in [2.05, 4.69) is 27.8 Å². The topological polar surface area (TPSA) is 24.9 Å². The Morgan fingerprint density at radius 1 is 1.33 bits per heavy atom. The molecule has 0 saturated carbocycles. The zero-order valence-corrected chi connectivity index (χ0v) is 9.13. The van der Waals surface area contributed by atoms with Crippen LogP contribution in [-0.4, -0.2) is 11.5 Å². The van der Waals surface area contributed by atoms with Gasteiger partial charge in [0.2, 0.25) is 0 Å². The van der Waals surface area contributed by atoms with Crippen molar-refractivity contribution in [2.45, 2.75) is 12.5 Å². The minimum absolute atomic E-state index is 0.301. The smallest absolute Gasteiger partial charge is 0.0847 e. The van der Waals surface area contributed by atoms with Gasteiger partial charge in [0.1, 0.15) is 0 Å². The minimum atomic E-state index is 0.301. The molecule has 0 fully saturated rings. The largest absolute Gasteiger partial charge is 0.304 e. The van der Waals surface area contributed by atoms with Crippen LogP contribution in [0.5, 0.6) is 0 Å². The molecule has 3 rings (SSSR count). The molecular weight excluding hydrogens is 204 g/mol. The molecule has 0 radical (unpaired) electrons. The van der Waals surface area contributed by atoms with Gasteiger partial charge in [-0.25, -0.2) is 0 Å². The fraction of sp³-hybridized carbons (Fsp3) is 0.250. The van der Waals surface area contributed by atoms with Crippen LogP contribution < -0.4 is 5.32 Å². The second kappa shape index (κ2) is 3.76. The normalized spacial score (nSPS) is 19.9. The zero-order chi connectivity index (χ0) is 10.1. The lowest BCUT2D eigenvalue weighted by Crippen LogP contribution is -2.29. The van der Waals surface area contributed by atoms with Crippen LogP contribution in [0.2, 0.25) is 0 Å². The van der Waals surface area contributed by atoms with Crippen LogP contribution in [0.1, 0.15) is 22.2 Å². The van der Waals surface area contributed by atoms with Gasteiger partial charge in [-0.15, -0.1) is 11.3 Å². The van der Waals surface area contributed by atoms with E-state index in [0.29, 0.717) is 6.04 Å². The van der Waals surface area contributed by atoms with Gasteiger partial charge in [-0.2, -0.15) is 0 Å². The van der Waals surface area contributed by atoms with Gasteiger partial charge in [0, 0.05) is 17.6 Å². The molecule has 0 bridgehead atoms. The maximum Gasteiger partial charge on any atom is 0.0847 e. The maximum atomic E-state index is 4.43. The van der Waals surface area contributed by atoms with Gasteiger partial charge in [0.25, 0.3) is 0 Å². The van der Waals surface area contributed by atoms with Crippen molar-refractivity contribution >= 4 is 11.3 Å². The highest BCUT2D eigenvalue weighted by Gasteiger charge is 2.22. The van der Waals surface area contributed by atoms with Crippen molar-refractivity contribution < 1.29 is 0 Å². The van der Waals surface area contributed by atoms with Gasteiger partial charge in [0.05, 0.1) is 11.7 Å². The summed E-state index contributed by atoms with van der Waals surface area (Å²) in [5.74, 6) is 0. The summed E-state index contributed by atoms with van der Waals surface area (Å²) in [7, 11) is 0. The summed E-state index contributed by atoms with van der Waals surface area (Å²) in [5.41, 5.74) is 2.61. The standard InChI is InChI=1S/C12H12N2S/c1-2-6-13-10(3-1)11-12-9(4-7-14-11)5-8-15-12/h1-3,5-6,8,11,14H,4,7H2. The Labute approximate surface area is 93.0 Å². The number of nitrogens with one attached hydrogen (secondary N) is 1. The van der Waals surface area contributed by atoms with Crippen LogP contribution >= 0.6 is 11.3 Å². The van der Waals surface area contributed by atoms with Gasteiger partial charge in [0.15, 0.2) is 0 Å². The third-order valence-corrected chi connectivity index (χ3v) is 3.79. The van der Waals surface area contributed by atoms with Gasteiger partial charge >= 0.3 is 0 Å². The molecule has 1 N–H and O–H groups in total. The van der Waals surface area contributed by atoms with E-state index < -0.39 is 0 Å². The van der Waals surface area contributed by atoms with E-state index in [1.165, 1.54) is 10.4 Å². The summed E-state index contributed by atoms with van der Waals surface area (Å²) >= 11 is 1.83. The first-order valence-electron chi connectivity index (χ1n) is 5.16. The first-order chi connectivity index (χ1) is 7.45. The molecule has 2 aromatic rings. The van der Waals surface area contributed by atoms with Crippen LogP contribution in [-0.2, 0) is 6.42 Å². The summed E-state index contributed by atoms with van der Waals surface area (Å²) in [5, 5.41) is 5.70. The van der Waals surface area contributed by atoms with Crippen molar-refractivity contribution in [2.24, 2.45) is 0 Å². The molecule has 2 nitrogen and oxygen atoms in total. The maximum absolute atomic E-state index is 4.43. The van der Waals surface area contributed by atoms with Crippen molar-refractivity contribution in [1.29, 1.82) is 0 Å². The molecule has 0 aliphatic carbocycles. The van der Waals surface area contributed by atoms with Crippen molar-refractivity contribution in [1.82, 2.24) is 10.3 Å². The molecule has 76 valence electrons. The van der Waals surface area contributed by atoms with E-state index in [9.17, 15) is 0 Å². The minimum Gasteiger partial charge on any atom is -0.304 e. The van der Waals surface area contributed by atoms with Crippen molar-refractivity contribution in [3.8, 4) is 0 Å². The van der Waals surface area contributed by atoms with Crippen molar-refractivity contribution in [2.75, 3.05) is 6.54 Å². The Hall–Kier alpha value is -1.19. The molecule has 1 unspecified atom stereocenters. The highest BCUT2D eigenvalue weighted by atomic mass is 32.1. The van der Waals surface area contributed by atoms with Gasteiger partial charge in [-0.05, 0) is 35.6 Å². The molecule has 0 saturated heterocycles. The fourth-order valence-corrected chi connectivity index (χ4v) is 3.08. The summed E-state index contributed by atoms with van der Waals surface area (Å²) in [6, 6.07) is 8.63. The van der Waals surface area contributed by atoms with Gasteiger partial charge in [-0.1, -0.05) is 6.07 Å². The summed E-state index contributed by atoms with van der Waals surface area (Å²) in [6.45, 7) is 1.05. The molecule has 3 heterocycles. The predicted molar refractivity (Wildman–Crippen MR) is 62.1 cm³/mol. The third kappa shape index (κ3) is 1.58. The van der Waals surface area contributed by atoms with E-state index >= 15 is 0 Å². The number of nitrogens with zero attached hydrogens (tertiary/aromatic N) is 1. The number of hydrogen-bond donors (Lipinski definition) is 1. The Morgan fingerprint density at radius 2 is 2.33 bits per heavy atom. The number of hydrogen-bond acceptors (Lipinski definition) is 3. The molecule has 0 amide bonds. The SMILES string of the molecule is c1ccc(C2NCCc3ccsc32)nc1. The molecule has 0 aromatic carbocycles. The summed E-state index contributed by atoms with van der Waals surface area (Å²) in [4.78, 5) is 5.86. The number of thiophene rings is 1. The lowest BCUT2D eigenvalue weighted by molar-refractivity contribution is 0.567. The second-order valence-electron chi connectivity index (χ2n) is 3.70. The summed E-state index contributed by atoms with van der Waals surface area (Å²) < 4.78 is 0. The average molecular weight is 216 g/mol. The third-order valence-electron chi connectivity index (χ3n) is 2.77. The van der Waals surface area contributed by atoms with Gasteiger partial charge < -0.3 is 5.32 Å². The second-order valence-corrected chi connectivity index (χ2v) is 4.65. The Bertz CT molecular complexity index is 450. The first kappa shape index (κ1) is 9.07. The molecule has 1 aliphatic rings. The Balaban J connectivity index is 2.03. The number of aromatic nitrogens is 1. The predicted octanol–water partition coefficient (Wildman–Crippen LogP) is 2.38. The highest BCUT2D eigenvalue weighted by molar-refractivity contribution is 7.10. The van der Waals surface area contributed by atoms with E-state index in [1.807, 2.05) is 29.7 Å². The van der Waals surface area contributed by atoms with Crippen molar-refractivity contribution in [3.05, 3.63) is 52.0 Å². The van der Waals surface area contributed by atoms with Crippen LogP contribution in [0.25, 0.3) is 0 Å². The summed E-state index contributed by atoms with van der Waals surface area (Å²) in [6.07, 6.45) is 3.00.